The van der Waals surface area contributed by atoms with E-state index in [0.717, 1.165) is 37.8 Å². The third kappa shape index (κ3) is 3.87. The van der Waals surface area contributed by atoms with Gasteiger partial charge in [-0.3, -0.25) is 4.79 Å². The van der Waals surface area contributed by atoms with Crippen molar-refractivity contribution in [3.63, 3.8) is 0 Å². The molecule has 0 spiro atoms. The summed E-state index contributed by atoms with van der Waals surface area (Å²) in [6.45, 7) is 0. The van der Waals surface area contributed by atoms with Crippen LogP contribution in [0.15, 0.2) is 18.2 Å². The maximum Gasteiger partial charge on any atom is 0.417 e. The molecule has 1 amide bonds. The molecule has 116 valence electrons. The van der Waals surface area contributed by atoms with Gasteiger partial charge in [-0.05, 0) is 43.9 Å². The summed E-state index contributed by atoms with van der Waals surface area (Å²) in [6.07, 6.45) is -1.27. The van der Waals surface area contributed by atoms with Crippen molar-refractivity contribution in [2.45, 2.75) is 43.9 Å². The van der Waals surface area contributed by atoms with Crippen LogP contribution < -0.4 is 16.8 Å². The predicted octanol–water partition coefficient (Wildman–Crippen LogP) is 2.49. The van der Waals surface area contributed by atoms with Gasteiger partial charge in [0.05, 0.1) is 11.1 Å². The highest BCUT2D eigenvalue weighted by atomic mass is 19.4. The lowest BCUT2D eigenvalue weighted by atomic mass is 9.91. The second-order valence-corrected chi connectivity index (χ2v) is 5.38. The quantitative estimate of drug-likeness (QED) is 0.802. The molecule has 0 radical (unpaired) electrons. The van der Waals surface area contributed by atoms with Gasteiger partial charge in [0.2, 0.25) is 5.91 Å². The smallest absolute Gasteiger partial charge is 0.382 e. The van der Waals surface area contributed by atoms with Crippen LogP contribution in [0.1, 0.15) is 41.6 Å². The van der Waals surface area contributed by atoms with E-state index in [1.165, 1.54) is 6.07 Å². The first-order chi connectivity index (χ1) is 9.77. The predicted molar refractivity (Wildman–Crippen MR) is 73.8 cm³/mol. The Balaban J connectivity index is 2.20. The highest BCUT2D eigenvalue weighted by molar-refractivity contribution is 5.95. The lowest BCUT2D eigenvalue weighted by molar-refractivity contribution is -0.137. The molecule has 4 nitrogen and oxygen atoms in total. The number of alkyl halides is 3. The highest BCUT2D eigenvalue weighted by Crippen LogP contribution is 2.34. The number of primary amides is 1. The van der Waals surface area contributed by atoms with Crippen molar-refractivity contribution in [3.8, 4) is 0 Å². The van der Waals surface area contributed by atoms with Crippen LogP contribution in [0.25, 0.3) is 0 Å². The number of halogens is 3. The first-order valence-electron chi connectivity index (χ1n) is 6.80. The summed E-state index contributed by atoms with van der Waals surface area (Å²) in [7, 11) is 0. The minimum absolute atomic E-state index is 0.102. The Morgan fingerprint density at radius 3 is 2.33 bits per heavy atom. The van der Waals surface area contributed by atoms with Crippen molar-refractivity contribution in [2.75, 3.05) is 5.32 Å². The van der Waals surface area contributed by atoms with Crippen LogP contribution >= 0.6 is 0 Å². The third-order valence-corrected chi connectivity index (χ3v) is 3.73. The minimum atomic E-state index is -4.61. The van der Waals surface area contributed by atoms with Crippen LogP contribution in [0.2, 0.25) is 0 Å². The molecule has 1 saturated carbocycles. The molecule has 0 saturated heterocycles. The van der Waals surface area contributed by atoms with Gasteiger partial charge in [0.1, 0.15) is 0 Å². The molecule has 1 aromatic carbocycles. The number of nitrogens with two attached hydrogens (primary N) is 2. The molecule has 0 bridgehead atoms. The van der Waals surface area contributed by atoms with Crippen molar-refractivity contribution < 1.29 is 18.0 Å². The van der Waals surface area contributed by atoms with E-state index in [2.05, 4.69) is 5.32 Å². The van der Waals surface area contributed by atoms with Crippen molar-refractivity contribution in [2.24, 2.45) is 11.5 Å². The van der Waals surface area contributed by atoms with Crippen molar-refractivity contribution >= 4 is 11.6 Å². The van der Waals surface area contributed by atoms with E-state index in [1.807, 2.05) is 0 Å². The number of hydrogen-bond acceptors (Lipinski definition) is 3. The van der Waals surface area contributed by atoms with E-state index in [9.17, 15) is 18.0 Å². The molecule has 1 fully saturated rings. The number of hydrogen-bond donors (Lipinski definition) is 3. The molecular weight excluding hydrogens is 283 g/mol. The maximum absolute atomic E-state index is 13.0. The zero-order chi connectivity index (χ0) is 15.6. The Bertz CT molecular complexity index is 523. The number of anilines is 1. The van der Waals surface area contributed by atoms with Crippen molar-refractivity contribution in [3.05, 3.63) is 29.3 Å². The molecule has 0 aromatic heterocycles. The van der Waals surface area contributed by atoms with Crippen LogP contribution in [-0.2, 0) is 6.18 Å². The second kappa shape index (κ2) is 5.93. The molecule has 21 heavy (non-hydrogen) atoms. The summed E-state index contributed by atoms with van der Waals surface area (Å²) < 4.78 is 38.9. The van der Waals surface area contributed by atoms with E-state index in [-0.39, 0.29) is 12.1 Å². The minimum Gasteiger partial charge on any atom is -0.382 e. The normalized spacial score (nSPS) is 22.9. The van der Waals surface area contributed by atoms with Crippen molar-refractivity contribution in [1.29, 1.82) is 0 Å². The standard InChI is InChI=1S/C14H18F3N3O/c15-14(16,17)12-7-10(5-6-11(12)13(19)21)20-9-3-1-8(18)2-4-9/h5-9,20H,1-4,18H2,(H2,19,21). The molecule has 1 aromatic rings. The van der Waals surface area contributed by atoms with Gasteiger partial charge in [-0.1, -0.05) is 0 Å². The van der Waals surface area contributed by atoms with Gasteiger partial charge in [0, 0.05) is 17.8 Å². The van der Waals surface area contributed by atoms with Gasteiger partial charge >= 0.3 is 6.18 Å². The van der Waals surface area contributed by atoms with E-state index in [4.69, 9.17) is 11.5 Å². The number of carbonyl (C=O) groups is 1. The Morgan fingerprint density at radius 2 is 1.81 bits per heavy atom. The molecular formula is C14H18F3N3O. The maximum atomic E-state index is 13.0. The summed E-state index contributed by atoms with van der Waals surface area (Å²) in [6, 6.07) is 3.77. The van der Waals surface area contributed by atoms with Gasteiger partial charge in [-0.25, -0.2) is 0 Å². The average Bonchev–Trinajstić information content (AvgIpc) is 2.40. The molecule has 1 aliphatic rings. The lowest BCUT2D eigenvalue weighted by Crippen LogP contribution is -2.32. The third-order valence-electron chi connectivity index (χ3n) is 3.73. The Morgan fingerprint density at radius 1 is 1.19 bits per heavy atom. The zero-order valence-corrected chi connectivity index (χ0v) is 11.4. The zero-order valence-electron chi connectivity index (χ0n) is 11.4. The Hall–Kier alpha value is -1.76. The highest BCUT2D eigenvalue weighted by Gasteiger charge is 2.35. The number of carbonyl (C=O) groups excluding carboxylic acids is 1. The van der Waals surface area contributed by atoms with Crippen molar-refractivity contribution in [1.82, 2.24) is 0 Å². The lowest BCUT2D eigenvalue weighted by Gasteiger charge is -2.28. The first kappa shape index (κ1) is 15.6. The van der Waals surface area contributed by atoms with Gasteiger partial charge < -0.3 is 16.8 Å². The fourth-order valence-electron chi connectivity index (χ4n) is 2.58. The number of nitrogens with one attached hydrogen (secondary N) is 1. The number of rotatable bonds is 3. The van der Waals surface area contributed by atoms with E-state index < -0.39 is 23.2 Å². The first-order valence-corrected chi connectivity index (χ1v) is 6.80. The number of amides is 1. The van der Waals surface area contributed by atoms with Crippen LogP contribution in [-0.4, -0.2) is 18.0 Å². The molecule has 0 unspecified atom stereocenters. The largest absolute Gasteiger partial charge is 0.417 e. The molecule has 0 heterocycles. The second-order valence-electron chi connectivity index (χ2n) is 5.38. The van der Waals surface area contributed by atoms with Crippen LogP contribution in [0, 0.1) is 0 Å². The summed E-state index contributed by atoms with van der Waals surface area (Å²) in [5.41, 5.74) is 9.60. The van der Waals surface area contributed by atoms with E-state index >= 15 is 0 Å². The monoisotopic (exact) mass is 301 g/mol. The SMILES string of the molecule is NC(=O)c1ccc(NC2CCC(N)CC2)cc1C(F)(F)F. The van der Waals surface area contributed by atoms with Gasteiger partial charge in [-0.2, -0.15) is 13.2 Å². The summed E-state index contributed by atoms with van der Waals surface area (Å²) in [5, 5.41) is 3.07. The fourth-order valence-corrected chi connectivity index (χ4v) is 2.58. The summed E-state index contributed by atoms with van der Waals surface area (Å²) in [5.74, 6) is -1.09. The summed E-state index contributed by atoms with van der Waals surface area (Å²) >= 11 is 0. The van der Waals surface area contributed by atoms with Crippen LogP contribution in [0.4, 0.5) is 18.9 Å². The average molecular weight is 301 g/mol. The Kier molecular flexibility index (Phi) is 4.41. The molecule has 2 rings (SSSR count). The molecule has 1 aliphatic carbocycles. The molecule has 5 N–H and O–H groups in total. The molecule has 0 atom stereocenters. The van der Waals surface area contributed by atoms with E-state index in [0.29, 0.717) is 5.69 Å². The number of benzene rings is 1. The Labute approximate surface area is 120 Å². The van der Waals surface area contributed by atoms with Crippen LogP contribution in [0.3, 0.4) is 0 Å². The molecule has 0 aliphatic heterocycles. The summed E-state index contributed by atoms with van der Waals surface area (Å²) in [4.78, 5) is 11.1. The fraction of sp³-hybridized carbons (Fsp3) is 0.500. The van der Waals surface area contributed by atoms with Gasteiger partial charge in [0.25, 0.3) is 0 Å². The van der Waals surface area contributed by atoms with Gasteiger partial charge in [0.15, 0.2) is 0 Å². The topological polar surface area (TPSA) is 81.1 Å². The van der Waals surface area contributed by atoms with Crippen LogP contribution in [0.5, 0.6) is 0 Å². The van der Waals surface area contributed by atoms with Gasteiger partial charge in [-0.15, -0.1) is 0 Å². The molecule has 7 heteroatoms. The van der Waals surface area contributed by atoms with E-state index in [1.54, 1.807) is 0 Å².